The van der Waals surface area contributed by atoms with E-state index in [9.17, 15) is 5.11 Å². The Labute approximate surface area is 136 Å². The second-order valence-corrected chi connectivity index (χ2v) is 5.21. The Morgan fingerprint density at radius 3 is 2.95 bits per heavy atom. The van der Waals surface area contributed by atoms with Gasteiger partial charge in [-0.2, -0.15) is 0 Å². The van der Waals surface area contributed by atoms with E-state index in [-0.39, 0.29) is 19.0 Å². The monoisotopic (exact) mass is 305 g/mol. The van der Waals surface area contributed by atoms with Crippen molar-refractivity contribution < 1.29 is 18.1 Å². The molecule has 0 bridgehead atoms. The molecule has 0 aliphatic heterocycles. The Kier molecular flexibility index (Phi) is 3.66. The summed E-state index contributed by atoms with van der Waals surface area (Å²) in [7, 11) is 1.53. The molecule has 1 N–H and O–H groups in total. The van der Waals surface area contributed by atoms with Crippen molar-refractivity contribution in [3.8, 4) is 5.75 Å². The number of aliphatic hydroxyl groups is 1. The molecule has 2 rings (SSSR count). The molecule has 2 atom stereocenters. The van der Waals surface area contributed by atoms with Gasteiger partial charge in [-0.3, -0.25) is 0 Å². The number of hydrogen-bond donors (Lipinski definition) is 1. The third-order valence-corrected chi connectivity index (χ3v) is 4.01. The molecule has 0 heterocycles. The van der Waals surface area contributed by atoms with Crippen LogP contribution in [-0.4, -0.2) is 37.6 Å². The van der Waals surface area contributed by atoms with Crippen LogP contribution < -0.4 is 4.74 Å². The van der Waals surface area contributed by atoms with E-state index in [1.165, 1.54) is 7.11 Å². The molecule has 1 saturated carbocycles. The highest BCUT2D eigenvalue weighted by Gasteiger charge is 2.40. The third kappa shape index (κ3) is 3.66. The fourth-order valence-electron chi connectivity index (χ4n) is 2.96. The van der Waals surface area contributed by atoms with Crippen LogP contribution >= 0.6 is 12.4 Å². The van der Waals surface area contributed by atoms with Gasteiger partial charge in [-0.15, -0.1) is 12.4 Å². The van der Waals surface area contributed by atoms with Crippen LogP contribution in [0.5, 0.6) is 5.75 Å². The van der Waals surface area contributed by atoms with Gasteiger partial charge in [0.1, 0.15) is 5.75 Å². The minimum Gasteiger partial charge on any atom is -0.497 e. The van der Waals surface area contributed by atoms with Crippen LogP contribution in [0.4, 0.5) is 0 Å². The van der Waals surface area contributed by atoms with Crippen LogP contribution in [0.15, 0.2) is 24.3 Å². The topological polar surface area (TPSA) is 32.7 Å². The van der Waals surface area contributed by atoms with E-state index in [2.05, 4.69) is 0 Å². The number of benzene rings is 1. The Morgan fingerprint density at radius 2 is 2.25 bits per heavy atom. The van der Waals surface area contributed by atoms with Crippen molar-refractivity contribution in [1.29, 1.82) is 0 Å². The molecule has 20 heavy (non-hydrogen) atoms. The first-order valence-electron chi connectivity index (χ1n) is 9.63. The molecule has 0 unspecified atom stereocenters. The SMILES string of the molecule is Cl.[2H]C([2H])([2H])N(C[C@@H]1CCCC[C@@]1(O)c1cccc(OC)c1)C([2H])([2H])[2H]. The van der Waals surface area contributed by atoms with Gasteiger partial charge in [0, 0.05) is 20.7 Å². The van der Waals surface area contributed by atoms with Gasteiger partial charge >= 0.3 is 0 Å². The molecule has 4 heteroatoms. The molecule has 1 aromatic rings. The molecule has 0 saturated heterocycles. The van der Waals surface area contributed by atoms with Gasteiger partial charge in [-0.25, -0.2) is 0 Å². The van der Waals surface area contributed by atoms with Crippen LogP contribution in [0, 0.1) is 5.92 Å². The van der Waals surface area contributed by atoms with Gasteiger partial charge in [0.05, 0.1) is 12.7 Å². The zero-order valence-electron chi connectivity index (χ0n) is 17.6. The molecule has 1 aliphatic carbocycles. The fraction of sp³-hybridized carbons (Fsp3) is 0.625. The smallest absolute Gasteiger partial charge is 0.119 e. The first kappa shape index (κ1) is 10.0. The number of hydrogen-bond acceptors (Lipinski definition) is 3. The molecule has 0 aromatic heterocycles. The van der Waals surface area contributed by atoms with Gasteiger partial charge in [-0.05, 0) is 44.5 Å². The van der Waals surface area contributed by atoms with Crippen LogP contribution in [0.1, 0.15) is 39.5 Å². The Balaban J connectivity index is 0.00000338. The van der Waals surface area contributed by atoms with Gasteiger partial charge in [0.2, 0.25) is 0 Å². The zero-order chi connectivity index (χ0) is 18.9. The number of rotatable bonds is 4. The van der Waals surface area contributed by atoms with Crippen molar-refractivity contribution in [2.24, 2.45) is 5.92 Å². The van der Waals surface area contributed by atoms with E-state index in [1.807, 2.05) is 0 Å². The lowest BCUT2D eigenvalue weighted by Crippen LogP contribution is -2.43. The van der Waals surface area contributed by atoms with E-state index in [0.717, 1.165) is 12.8 Å². The molecular formula is C16H26ClNO2. The highest BCUT2D eigenvalue weighted by molar-refractivity contribution is 5.85. The summed E-state index contributed by atoms with van der Waals surface area (Å²) >= 11 is 0. The number of halogens is 1. The maximum absolute atomic E-state index is 11.4. The van der Waals surface area contributed by atoms with Crippen molar-refractivity contribution in [2.75, 3.05) is 27.6 Å². The first-order valence-corrected chi connectivity index (χ1v) is 6.63. The summed E-state index contributed by atoms with van der Waals surface area (Å²) in [6.45, 7) is -5.73. The number of nitrogens with zero attached hydrogens (tertiary/aromatic N) is 1. The summed E-state index contributed by atoms with van der Waals surface area (Å²) in [6, 6.07) is 7.04. The Morgan fingerprint density at radius 1 is 1.45 bits per heavy atom. The molecule has 1 fully saturated rings. The Bertz CT molecular complexity index is 581. The highest BCUT2D eigenvalue weighted by Crippen LogP contribution is 2.42. The standard InChI is InChI=1S/C16H25NO2.ClH/c1-17(2)12-14-7-4-5-10-16(14,18)13-8-6-9-15(11-13)19-3;/h6,8-9,11,14,18H,4-5,7,10,12H2,1-3H3;1H/t14-,16+;/m0./s1/i1D3,2D3;. The molecular weight excluding hydrogens is 274 g/mol. The van der Waals surface area contributed by atoms with E-state index in [0.29, 0.717) is 29.1 Å². The van der Waals surface area contributed by atoms with E-state index >= 15 is 0 Å². The van der Waals surface area contributed by atoms with Crippen LogP contribution in [0.25, 0.3) is 0 Å². The largest absolute Gasteiger partial charge is 0.497 e. The molecule has 114 valence electrons. The van der Waals surface area contributed by atoms with E-state index < -0.39 is 25.5 Å². The lowest BCUT2D eigenvalue weighted by molar-refractivity contribution is -0.0619. The normalized spacial score (nSPS) is 31.9. The second kappa shape index (κ2) is 7.30. The minimum absolute atomic E-state index is 0. The second-order valence-electron chi connectivity index (χ2n) is 5.21. The third-order valence-electron chi connectivity index (χ3n) is 4.01. The summed E-state index contributed by atoms with van der Waals surface area (Å²) in [5.74, 6) is 0.105. The molecule has 0 amide bonds. The van der Waals surface area contributed by atoms with Crippen LogP contribution in [0.3, 0.4) is 0 Å². The maximum atomic E-state index is 11.4. The number of ether oxygens (including phenoxy) is 1. The molecule has 0 spiro atoms. The predicted molar refractivity (Wildman–Crippen MR) is 84.7 cm³/mol. The van der Waals surface area contributed by atoms with Gasteiger partial charge < -0.3 is 14.7 Å². The summed E-state index contributed by atoms with van der Waals surface area (Å²) in [5, 5.41) is 11.4. The van der Waals surface area contributed by atoms with Crippen molar-refractivity contribution >= 4 is 12.4 Å². The van der Waals surface area contributed by atoms with Crippen molar-refractivity contribution in [2.45, 2.75) is 31.3 Å². The highest BCUT2D eigenvalue weighted by atomic mass is 35.5. The predicted octanol–water partition coefficient (Wildman–Crippen LogP) is 3.06. The molecule has 3 nitrogen and oxygen atoms in total. The lowest BCUT2D eigenvalue weighted by Gasteiger charge is -2.41. The Hall–Kier alpha value is -0.770. The van der Waals surface area contributed by atoms with Crippen molar-refractivity contribution in [3.63, 3.8) is 0 Å². The van der Waals surface area contributed by atoms with E-state index in [1.54, 1.807) is 24.3 Å². The lowest BCUT2D eigenvalue weighted by atomic mass is 9.71. The minimum atomic E-state index is -2.75. The summed E-state index contributed by atoms with van der Waals surface area (Å²) < 4.78 is 50.6. The van der Waals surface area contributed by atoms with Gasteiger partial charge in [0.25, 0.3) is 0 Å². The summed E-state index contributed by atoms with van der Waals surface area (Å²) in [4.78, 5) is 0.543. The zero-order valence-corrected chi connectivity index (χ0v) is 12.4. The molecule has 1 aromatic carbocycles. The van der Waals surface area contributed by atoms with E-state index in [4.69, 9.17) is 13.0 Å². The quantitative estimate of drug-likeness (QED) is 0.928. The summed E-state index contributed by atoms with van der Waals surface area (Å²) in [5.41, 5.74) is -0.644. The average molecular weight is 306 g/mol. The van der Waals surface area contributed by atoms with Crippen LogP contribution in [0.2, 0.25) is 0 Å². The van der Waals surface area contributed by atoms with Gasteiger partial charge in [-0.1, -0.05) is 25.0 Å². The summed E-state index contributed by atoms with van der Waals surface area (Å²) in [6.07, 6.45) is 2.65. The van der Waals surface area contributed by atoms with Crippen molar-refractivity contribution in [3.05, 3.63) is 29.8 Å². The average Bonchev–Trinajstić information content (AvgIpc) is 2.51. The maximum Gasteiger partial charge on any atom is 0.119 e. The van der Waals surface area contributed by atoms with Crippen LogP contribution in [-0.2, 0) is 5.60 Å². The van der Waals surface area contributed by atoms with Crippen molar-refractivity contribution in [1.82, 2.24) is 4.90 Å². The fourth-order valence-corrected chi connectivity index (χ4v) is 2.96. The first-order chi connectivity index (χ1) is 11.5. The van der Waals surface area contributed by atoms with Gasteiger partial charge in [0.15, 0.2) is 0 Å². The molecule has 1 aliphatic rings. The number of methoxy groups -OCH3 is 1. The molecule has 0 radical (unpaired) electrons.